The summed E-state index contributed by atoms with van der Waals surface area (Å²) >= 11 is 0. The Labute approximate surface area is 187 Å². The van der Waals surface area contributed by atoms with E-state index in [4.69, 9.17) is 4.74 Å². The Morgan fingerprint density at radius 1 is 1.31 bits per heavy atom. The molecule has 1 atom stereocenters. The number of nitrogens with zero attached hydrogens (tertiary/aromatic N) is 4. The van der Waals surface area contributed by atoms with E-state index in [0.717, 1.165) is 30.2 Å². The summed E-state index contributed by atoms with van der Waals surface area (Å²) in [6, 6.07) is 4.24. The van der Waals surface area contributed by atoms with Crippen molar-refractivity contribution in [2.45, 2.75) is 71.6 Å². The van der Waals surface area contributed by atoms with E-state index in [1.807, 2.05) is 12.1 Å². The number of Topliss-reactive ketones (excluding diaryl/α,β-unsaturated/α-hetero) is 1. The van der Waals surface area contributed by atoms with Crippen LogP contribution in [0.4, 0.5) is 5.69 Å². The van der Waals surface area contributed by atoms with Crippen LogP contribution in [0.2, 0.25) is 0 Å². The van der Waals surface area contributed by atoms with Crippen LogP contribution in [-0.2, 0) is 17.8 Å². The van der Waals surface area contributed by atoms with Gasteiger partial charge in [-0.1, -0.05) is 0 Å². The lowest BCUT2D eigenvalue weighted by Gasteiger charge is -2.43. The van der Waals surface area contributed by atoms with Gasteiger partial charge in [-0.15, -0.1) is 0 Å². The number of H-pyrrole nitrogens is 1. The zero-order valence-corrected chi connectivity index (χ0v) is 19.1. The Kier molecular flexibility index (Phi) is 6.74. The second-order valence-electron chi connectivity index (χ2n) is 8.77. The first-order valence-corrected chi connectivity index (χ1v) is 11.4. The van der Waals surface area contributed by atoms with Crippen molar-refractivity contribution in [2.24, 2.45) is 4.99 Å². The van der Waals surface area contributed by atoms with Crippen molar-refractivity contribution >= 4 is 17.3 Å². The molecule has 172 valence electrons. The summed E-state index contributed by atoms with van der Waals surface area (Å²) in [6.07, 6.45) is 5.43. The number of aromatic nitrogens is 3. The molecule has 0 aromatic carbocycles. The lowest BCUT2D eigenvalue weighted by Crippen LogP contribution is -2.50. The summed E-state index contributed by atoms with van der Waals surface area (Å²) in [5.74, 6) is 1.68. The van der Waals surface area contributed by atoms with Crippen molar-refractivity contribution in [3.05, 3.63) is 40.1 Å². The summed E-state index contributed by atoms with van der Waals surface area (Å²) in [6.45, 7) is 7.90. The Morgan fingerprint density at radius 3 is 2.81 bits per heavy atom. The minimum absolute atomic E-state index is 0.00727. The molecule has 0 spiro atoms. The molecule has 0 radical (unpaired) electrons. The molecule has 2 aromatic rings. The number of aryl methyl sites for hydroxylation is 1. The molecule has 2 N–H and O–H groups in total. The second-order valence-corrected chi connectivity index (χ2v) is 8.77. The van der Waals surface area contributed by atoms with Crippen LogP contribution in [0.1, 0.15) is 64.0 Å². The number of fused-ring (bicyclic) bond motifs is 1. The summed E-state index contributed by atoms with van der Waals surface area (Å²) in [5, 5.41) is 6.51. The van der Waals surface area contributed by atoms with E-state index in [-0.39, 0.29) is 17.5 Å². The van der Waals surface area contributed by atoms with E-state index < -0.39 is 0 Å². The summed E-state index contributed by atoms with van der Waals surface area (Å²) in [4.78, 5) is 35.3. The number of rotatable bonds is 10. The smallest absolute Gasteiger partial charge is 0.292 e. The number of hydrogen-bond acceptors (Lipinski definition) is 7. The Morgan fingerprint density at radius 2 is 2.16 bits per heavy atom. The van der Waals surface area contributed by atoms with Gasteiger partial charge >= 0.3 is 0 Å². The Balaban J connectivity index is 1.30. The first-order chi connectivity index (χ1) is 15.4. The molecule has 2 aromatic heterocycles. The van der Waals surface area contributed by atoms with Crippen molar-refractivity contribution < 1.29 is 9.53 Å². The first kappa shape index (κ1) is 22.3. The maximum atomic E-state index is 13.0. The molecule has 1 saturated heterocycles. The molecule has 0 amide bonds. The van der Waals surface area contributed by atoms with Gasteiger partial charge in [0.05, 0.1) is 25.0 Å². The van der Waals surface area contributed by atoms with E-state index in [2.05, 4.69) is 39.1 Å². The first-order valence-electron chi connectivity index (χ1n) is 11.4. The van der Waals surface area contributed by atoms with Crippen molar-refractivity contribution in [3.63, 3.8) is 0 Å². The number of carbonyl (C=O) groups excluding carboxylic acids is 1. The highest BCUT2D eigenvalue weighted by atomic mass is 16.5. The van der Waals surface area contributed by atoms with Crippen LogP contribution in [0.3, 0.4) is 0 Å². The predicted molar refractivity (Wildman–Crippen MR) is 123 cm³/mol. The van der Waals surface area contributed by atoms with Gasteiger partial charge < -0.3 is 14.8 Å². The number of aromatic amines is 1. The van der Waals surface area contributed by atoms with E-state index in [1.54, 1.807) is 17.8 Å². The van der Waals surface area contributed by atoms with Gasteiger partial charge in [0.1, 0.15) is 29.2 Å². The lowest BCUT2D eigenvalue weighted by molar-refractivity contribution is -0.117. The van der Waals surface area contributed by atoms with Crippen LogP contribution in [0.25, 0.3) is 0 Å². The van der Waals surface area contributed by atoms with Gasteiger partial charge in [0, 0.05) is 31.1 Å². The molecular weight excluding hydrogens is 408 g/mol. The quantitative estimate of drug-likeness (QED) is 0.551. The molecule has 1 fully saturated rings. The van der Waals surface area contributed by atoms with Gasteiger partial charge in [-0.3, -0.25) is 24.8 Å². The van der Waals surface area contributed by atoms with E-state index >= 15 is 0 Å². The van der Waals surface area contributed by atoms with E-state index in [0.29, 0.717) is 56.3 Å². The zero-order valence-electron chi connectivity index (χ0n) is 19.1. The highest BCUT2D eigenvalue weighted by Gasteiger charge is 2.34. The topological polar surface area (TPSA) is 105 Å². The molecule has 9 nitrogen and oxygen atoms in total. The van der Waals surface area contributed by atoms with Crippen LogP contribution in [-0.4, -0.2) is 50.5 Å². The van der Waals surface area contributed by atoms with Gasteiger partial charge in [-0.25, -0.2) is 4.68 Å². The summed E-state index contributed by atoms with van der Waals surface area (Å²) in [5.41, 5.74) is 2.39. The van der Waals surface area contributed by atoms with Crippen LogP contribution in [0.15, 0.2) is 28.1 Å². The number of likely N-dealkylation sites (tertiary alicyclic amines) is 1. The third-order valence-electron chi connectivity index (χ3n) is 6.03. The fourth-order valence-corrected chi connectivity index (χ4v) is 4.13. The van der Waals surface area contributed by atoms with Crippen molar-refractivity contribution in [3.8, 4) is 5.75 Å². The maximum Gasteiger partial charge on any atom is 0.292 e. The molecule has 0 bridgehead atoms. The number of nitrogens with one attached hydrogen (secondary N) is 2. The van der Waals surface area contributed by atoms with Gasteiger partial charge in [-0.2, -0.15) is 0 Å². The van der Waals surface area contributed by atoms with Crippen LogP contribution < -0.4 is 15.6 Å². The highest BCUT2D eigenvalue weighted by Crippen LogP contribution is 2.30. The average Bonchev–Trinajstić information content (AvgIpc) is 3.05. The number of ether oxygens (including phenoxy) is 1. The summed E-state index contributed by atoms with van der Waals surface area (Å²) < 4.78 is 7.37. The lowest BCUT2D eigenvalue weighted by atomic mass is 10.1. The normalized spacial score (nSPS) is 18.0. The van der Waals surface area contributed by atoms with Crippen molar-refractivity contribution in [1.29, 1.82) is 0 Å². The molecule has 1 unspecified atom stereocenters. The second kappa shape index (κ2) is 9.68. The molecule has 0 saturated carbocycles. The zero-order chi connectivity index (χ0) is 22.7. The van der Waals surface area contributed by atoms with Gasteiger partial charge in [0.15, 0.2) is 0 Å². The molecule has 0 aliphatic carbocycles. The monoisotopic (exact) mass is 440 g/mol. The maximum absolute atomic E-state index is 13.0. The standard InChI is InChI=1S/C23H32N6O3/c1-15(2)28-11-10-21(28)29-23(31)22-19(27-29)14-25-20(26-22)9-7-17-6-8-18(13-24-17)32-12-4-5-16(3)30/h6,8,13,15,21,27H,4-5,7,9-12,14H2,1-3H3,(H,25,26). The number of ketones is 1. The number of aliphatic imine (C=N–C) groups is 1. The Bertz CT molecular complexity index is 1040. The highest BCUT2D eigenvalue weighted by molar-refractivity contribution is 5.97. The molecule has 2 aliphatic rings. The molecule has 32 heavy (non-hydrogen) atoms. The van der Waals surface area contributed by atoms with E-state index in [1.165, 1.54) is 0 Å². The molecule has 4 heterocycles. The van der Waals surface area contributed by atoms with Crippen molar-refractivity contribution in [2.75, 3.05) is 18.5 Å². The largest absolute Gasteiger partial charge is 0.492 e. The van der Waals surface area contributed by atoms with Crippen molar-refractivity contribution in [1.82, 2.24) is 19.7 Å². The number of hydrogen-bond donors (Lipinski definition) is 2. The fraction of sp³-hybridized carbons (Fsp3) is 0.565. The van der Waals surface area contributed by atoms with Crippen LogP contribution >= 0.6 is 0 Å². The SMILES string of the molecule is CC(=O)CCCOc1ccc(CCC2=NCc3[nH]n(C4CCN4C(C)C)c(=O)c3N2)nc1. The van der Waals surface area contributed by atoms with Gasteiger partial charge in [0.25, 0.3) is 5.56 Å². The number of anilines is 1. The number of carbonyl (C=O) groups is 1. The molecule has 9 heteroatoms. The number of pyridine rings is 1. The van der Waals surface area contributed by atoms with Gasteiger partial charge in [-0.05, 0) is 52.2 Å². The van der Waals surface area contributed by atoms with Crippen LogP contribution in [0, 0.1) is 0 Å². The third-order valence-corrected chi connectivity index (χ3v) is 6.03. The molecular formula is C23H32N6O3. The minimum Gasteiger partial charge on any atom is -0.492 e. The molecule has 4 rings (SSSR count). The van der Waals surface area contributed by atoms with E-state index in [9.17, 15) is 9.59 Å². The minimum atomic E-state index is -0.00727. The fourth-order valence-electron chi connectivity index (χ4n) is 4.13. The molecule has 2 aliphatic heterocycles. The van der Waals surface area contributed by atoms with Crippen LogP contribution in [0.5, 0.6) is 5.75 Å². The van der Waals surface area contributed by atoms with Gasteiger partial charge in [0.2, 0.25) is 0 Å². The Hall–Kier alpha value is -2.94. The predicted octanol–water partition coefficient (Wildman–Crippen LogP) is 2.89. The number of amidine groups is 1. The summed E-state index contributed by atoms with van der Waals surface area (Å²) in [7, 11) is 0. The average molecular weight is 441 g/mol. The third kappa shape index (κ3) is 4.93.